The fourth-order valence-corrected chi connectivity index (χ4v) is 3.06. The standard InChI is InChI=1S/C16H21N3O3/c20-11-12-5-8-18(9-6-12)13-1-3-14(4-2-13)19-10-7-15(21)17-16(19)22/h1-4,11-12,16,22H,5-10H2,(H,17,21). The summed E-state index contributed by atoms with van der Waals surface area (Å²) in [5, 5.41) is 12.4. The van der Waals surface area contributed by atoms with E-state index in [-0.39, 0.29) is 11.8 Å². The van der Waals surface area contributed by atoms with Gasteiger partial charge in [0.25, 0.3) is 0 Å². The minimum absolute atomic E-state index is 0.126. The number of rotatable bonds is 3. The van der Waals surface area contributed by atoms with Crippen LogP contribution in [-0.2, 0) is 9.59 Å². The van der Waals surface area contributed by atoms with Crippen LogP contribution in [0.25, 0.3) is 0 Å². The van der Waals surface area contributed by atoms with Crippen LogP contribution in [0.3, 0.4) is 0 Å². The Balaban J connectivity index is 1.65. The van der Waals surface area contributed by atoms with Crippen LogP contribution in [0.1, 0.15) is 19.3 Å². The second-order valence-electron chi connectivity index (χ2n) is 5.86. The third-order valence-corrected chi connectivity index (χ3v) is 4.44. The maximum Gasteiger partial charge on any atom is 0.225 e. The predicted molar refractivity (Wildman–Crippen MR) is 83.6 cm³/mol. The molecular formula is C16H21N3O3. The van der Waals surface area contributed by atoms with Crippen molar-refractivity contribution in [1.29, 1.82) is 0 Å². The Kier molecular flexibility index (Phi) is 4.29. The van der Waals surface area contributed by atoms with Gasteiger partial charge < -0.3 is 25.0 Å². The second kappa shape index (κ2) is 6.36. The summed E-state index contributed by atoms with van der Waals surface area (Å²) in [6.07, 6.45) is 2.30. The molecule has 1 unspecified atom stereocenters. The molecular weight excluding hydrogens is 282 g/mol. The number of hydrogen-bond acceptors (Lipinski definition) is 5. The van der Waals surface area contributed by atoms with E-state index >= 15 is 0 Å². The van der Waals surface area contributed by atoms with Crippen molar-refractivity contribution >= 4 is 23.6 Å². The first kappa shape index (κ1) is 14.8. The van der Waals surface area contributed by atoms with Crippen molar-refractivity contribution in [2.45, 2.75) is 25.6 Å². The second-order valence-corrected chi connectivity index (χ2v) is 5.86. The molecule has 22 heavy (non-hydrogen) atoms. The molecule has 2 saturated heterocycles. The van der Waals surface area contributed by atoms with Crippen molar-refractivity contribution in [2.24, 2.45) is 5.92 Å². The number of carbonyl (C=O) groups excluding carboxylic acids is 2. The van der Waals surface area contributed by atoms with Crippen LogP contribution in [0.4, 0.5) is 11.4 Å². The molecule has 1 aromatic carbocycles. The van der Waals surface area contributed by atoms with E-state index < -0.39 is 6.35 Å². The van der Waals surface area contributed by atoms with Gasteiger partial charge in [-0.15, -0.1) is 0 Å². The van der Waals surface area contributed by atoms with Gasteiger partial charge in [-0.3, -0.25) is 4.79 Å². The highest BCUT2D eigenvalue weighted by molar-refractivity contribution is 5.78. The highest BCUT2D eigenvalue weighted by atomic mass is 16.3. The first-order chi connectivity index (χ1) is 10.7. The van der Waals surface area contributed by atoms with Crippen LogP contribution in [0.15, 0.2) is 24.3 Å². The van der Waals surface area contributed by atoms with Crippen molar-refractivity contribution in [3.8, 4) is 0 Å². The minimum atomic E-state index is -0.963. The summed E-state index contributed by atoms with van der Waals surface area (Å²) in [7, 11) is 0. The van der Waals surface area contributed by atoms with Crippen molar-refractivity contribution in [1.82, 2.24) is 5.32 Å². The maximum absolute atomic E-state index is 11.2. The summed E-state index contributed by atoms with van der Waals surface area (Å²) in [5.74, 6) is 0.0704. The average Bonchev–Trinajstić information content (AvgIpc) is 2.55. The lowest BCUT2D eigenvalue weighted by Crippen LogP contribution is -2.54. The molecule has 2 heterocycles. The van der Waals surface area contributed by atoms with Crippen molar-refractivity contribution in [3.05, 3.63) is 24.3 Å². The highest BCUT2D eigenvalue weighted by Gasteiger charge is 2.24. The van der Waals surface area contributed by atoms with Gasteiger partial charge in [-0.25, -0.2) is 0 Å². The smallest absolute Gasteiger partial charge is 0.225 e. The van der Waals surface area contributed by atoms with E-state index in [0.29, 0.717) is 13.0 Å². The number of aliphatic hydroxyl groups excluding tert-OH is 1. The van der Waals surface area contributed by atoms with E-state index in [9.17, 15) is 14.7 Å². The Labute approximate surface area is 129 Å². The first-order valence-electron chi connectivity index (χ1n) is 7.72. The van der Waals surface area contributed by atoms with Gasteiger partial charge in [-0.05, 0) is 37.1 Å². The Morgan fingerprint density at radius 3 is 2.32 bits per heavy atom. The number of hydrogen-bond donors (Lipinski definition) is 2. The molecule has 6 nitrogen and oxygen atoms in total. The maximum atomic E-state index is 11.2. The Morgan fingerprint density at radius 1 is 1.09 bits per heavy atom. The van der Waals surface area contributed by atoms with E-state index in [1.54, 1.807) is 4.90 Å². The molecule has 1 atom stereocenters. The number of carbonyl (C=O) groups is 2. The average molecular weight is 303 g/mol. The molecule has 6 heteroatoms. The highest BCUT2D eigenvalue weighted by Crippen LogP contribution is 2.26. The van der Waals surface area contributed by atoms with Crippen molar-refractivity contribution < 1.29 is 14.7 Å². The zero-order chi connectivity index (χ0) is 15.5. The van der Waals surface area contributed by atoms with Gasteiger partial charge in [-0.2, -0.15) is 0 Å². The molecule has 2 N–H and O–H groups in total. The number of aliphatic hydroxyl groups is 1. The summed E-state index contributed by atoms with van der Waals surface area (Å²) in [5.41, 5.74) is 2.02. The van der Waals surface area contributed by atoms with E-state index in [1.807, 2.05) is 24.3 Å². The largest absolute Gasteiger partial charge is 0.371 e. The van der Waals surface area contributed by atoms with Crippen LogP contribution in [0, 0.1) is 5.92 Å². The van der Waals surface area contributed by atoms with E-state index in [4.69, 9.17) is 0 Å². The lowest BCUT2D eigenvalue weighted by Gasteiger charge is -2.35. The predicted octanol–water partition coefficient (Wildman–Crippen LogP) is 0.704. The summed E-state index contributed by atoms with van der Waals surface area (Å²) in [4.78, 5) is 26.1. The molecule has 0 aromatic heterocycles. The lowest BCUT2D eigenvalue weighted by atomic mass is 9.98. The molecule has 0 bridgehead atoms. The van der Waals surface area contributed by atoms with Crippen molar-refractivity contribution in [2.75, 3.05) is 29.4 Å². The van der Waals surface area contributed by atoms with E-state index in [0.717, 1.165) is 43.6 Å². The quantitative estimate of drug-likeness (QED) is 0.804. The third-order valence-electron chi connectivity index (χ3n) is 4.44. The Bertz CT molecular complexity index is 538. The van der Waals surface area contributed by atoms with Crippen LogP contribution in [0.2, 0.25) is 0 Å². The van der Waals surface area contributed by atoms with Gasteiger partial charge in [-0.1, -0.05) is 0 Å². The molecule has 2 aliphatic rings. The molecule has 3 rings (SSSR count). The molecule has 0 aliphatic carbocycles. The van der Waals surface area contributed by atoms with Gasteiger partial charge in [0, 0.05) is 43.3 Å². The molecule has 2 aliphatic heterocycles. The fourth-order valence-electron chi connectivity index (χ4n) is 3.06. The fraction of sp³-hybridized carbons (Fsp3) is 0.500. The van der Waals surface area contributed by atoms with Crippen LogP contribution in [0.5, 0.6) is 0 Å². The minimum Gasteiger partial charge on any atom is -0.371 e. The zero-order valence-corrected chi connectivity index (χ0v) is 12.4. The SMILES string of the molecule is O=CC1CCN(c2ccc(N3CCC(=O)NC3O)cc2)CC1. The molecule has 1 amide bonds. The number of aldehydes is 1. The van der Waals surface area contributed by atoms with Crippen LogP contribution >= 0.6 is 0 Å². The van der Waals surface area contributed by atoms with Crippen LogP contribution < -0.4 is 15.1 Å². The Morgan fingerprint density at radius 2 is 1.73 bits per heavy atom. The Hall–Kier alpha value is -2.08. The summed E-state index contributed by atoms with van der Waals surface area (Å²) in [6, 6.07) is 7.98. The van der Waals surface area contributed by atoms with Crippen molar-refractivity contribution in [3.63, 3.8) is 0 Å². The van der Waals surface area contributed by atoms with Gasteiger partial charge >= 0.3 is 0 Å². The van der Waals surface area contributed by atoms with Gasteiger partial charge in [0.05, 0.1) is 0 Å². The monoisotopic (exact) mass is 303 g/mol. The van der Waals surface area contributed by atoms with E-state index in [1.165, 1.54) is 0 Å². The van der Waals surface area contributed by atoms with Crippen LogP contribution in [-0.4, -0.2) is 43.3 Å². The van der Waals surface area contributed by atoms with Gasteiger partial charge in [0.2, 0.25) is 12.3 Å². The summed E-state index contributed by atoms with van der Waals surface area (Å²) >= 11 is 0. The number of nitrogens with one attached hydrogen (secondary N) is 1. The number of nitrogens with zero attached hydrogens (tertiary/aromatic N) is 2. The molecule has 0 radical (unpaired) electrons. The number of piperidine rings is 1. The normalized spacial score (nSPS) is 23.3. The van der Waals surface area contributed by atoms with E-state index in [2.05, 4.69) is 10.2 Å². The molecule has 2 fully saturated rings. The zero-order valence-electron chi connectivity index (χ0n) is 12.4. The van der Waals surface area contributed by atoms with Gasteiger partial charge in [0.15, 0.2) is 0 Å². The lowest BCUT2D eigenvalue weighted by molar-refractivity contribution is -0.125. The summed E-state index contributed by atoms with van der Waals surface area (Å²) in [6.45, 7) is 2.30. The number of anilines is 2. The first-order valence-corrected chi connectivity index (χ1v) is 7.72. The molecule has 0 saturated carbocycles. The molecule has 118 valence electrons. The number of benzene rings is 1. The van der Waals surface area contributed by atoms with Gasteiger partial charge in [0.1, 0.15) is 6.29 Å². The number of amides is 1. The summed E-state index contributed by atoms with van der Waals surface area (Å²) < 4.78 is 0. The third kappa shape index (κ3) is 3.06. The molecule has 0 spiro atoms. The topological polar surface area (TPSA) is 72.9 Å². The molecule has 1 aromatic rings.